The molecule has 0 aromatic carbocycles. The molecule has 3 aliphatic rings. The maximum atomic E-state index is 13.6. The highest BCUT2D eigenvalue weighted by atomic mass is 16.6. The van der Waals surface area contributed by atoms with Crippen molar-refractivity contribution in [1.29, 1.82) is 0 Å². The van der Waals surface area contributed by atoms with E-state index in [9.17, 15) is 24.9 Å². The summed E-state index contributed by atoms with van der Waals surface area (Å²) in [5, 5.41) is 34.7. The van der Waals surface area contributed by atoms with Gasteiger partial charge in [-0.2, -0.15) is 0 Å². The predicted octanol–water partition coefficient (Wildman–Crippen LogP) is 1.52. The zero-order valence-corrected chi connectivity index (χ0v) is 18.2. The Kier molecular flexibility index (Phi) is 4.91. The van der Waals surface area contributed by atoms with Gasteiger partial charge in [0.25, 0.3) is 0 Å². The van der Waals surface area contributed by atoms with Gasteiger partial charge in [-0.3, -0.25) is 9.59 Å². The first-order valence-electron chi connectivity index (χ1n) is 10.2. The monoisotopic (exact) mass is 410 g/mol. The van der Waals surface area contributed by atoms with E-state index in [4.69, 9.17) is 9.47 Å². The zero-order valence-electron chi connectivity index (χ0n) is 18.2. The minimum Gasteiger partial charge on any atom is -0.457 e. The van der Waals surface area contributed by atoms with Crippen LogP contribution in [0.3, 0.4) is 0 Å². The van der Waals surface area contributed by atoms with Gasteiger partial charge in [-0.25, -0.2) is 0 Å². The van der Waals surface area contributed by atoms with Crippen LogP contribution in [0.2, 0.25) is 0 Å². The van der Waals surface area contributed by atoms with Crippen LogP contribution >= 0.6 is 0 Å². The molecule has 1 saturated heterocycles. The van der Waals surface area contributed by atoms with Gasteiger partial charge in [0.1, 0.15) is 5.60 Å². The number of hydrogen-bond acceptors (Lipinski definition) is 7. The van der Waals surface area contributed by atoms with Crippen molar-refractivity contribution >= 4 is 11.8 Å². The second kappa shape index (κ2) is 6.36. The first kappa shape index (κ1) is 22.4. The molecule has 8 atom stereocenters. The molecule has 0 aromatic rings. The Bertz CT molecular complexity index is 747. The van der Waals surface area contributed by atoms with Crippen LogP contribution in [-0.4, -0.2) is 62.2 Å². The smallest absolute Gasteiger partial charge is 0.303 e. The summed E-state index contributed by atoms with van der Waals surface area (Å²) in [6.45, 7) is 13.6. The fourth-order valence-corrected chi connectivity index (χ4v) is 6.66. The van der Waals surface area contributed by atoms with E-state index in [0.717, 1.165) is 0 Å². The highest BCUT2D eigenvalue weighted by Crippen LogP contribution is 2.66. The van der Waals surface area contributed by atoms with Gasteiger partial charge in [0.2, 0.25) is 0 Å². The van der Waals surface area contributed by atoms with E-state index in [1.165, 1.54) is 19.9 Å². The first-order valence-corrected chi connectivity index (χ1v) is 10.2. The van der Waals surface area contributed by atoms with Crippen LogP contribution in [0.4, 0.5) is 0 Å². The average Bonchev–Trinajstić information content (AvgIpc) is 2.59. The minimum absolute atomic E-state index is 0.138. The Morgan fingerprint density at radius 2 is 1.83 bits per heavy atom. The molecule has 29 heavy (non-hydrogen) atoms. The Morgan fingerprint density at radius 1 is 1.24 bits per heavy atom. The minimum atomic E-state index is -2.18. The molecule has 2 saturated carbocycles. The van der Waals surface area contributed by atoms with Gasteiger partial charge in [-0.05, 0) is 32.1 Å². The van der Waals surface area contributed by atoms with E-state index in [1.807, 2.05) is 13.8 Å². The highest BCUT2D eigenvalue weighted by Gasteiger charge is 2.81. The number of fused-ring (bicyclic) bond motifs is 3. The lowest BCUT2D eigenvalue weighted by atomic mass is 9.40. The molecular weight excluding hydrogens is 376 g/mol. The molecule has 7 nitrogen and oxygen atoms in total. The number of hydrogen-bond donors (Lipinski definition) is 3. The van der Waals surface area contributed by atoms with Gasteiger partial charge in [0.15, 0.2) is 17.5 Å². The molecule has 0 bridgehead atoms. The van der Waals surface area contributed by atoms with Crippen LogP contribution < -0.4 is 0 Å². The van der Waals surface area contributed by atoms with Crippen LogP contribution in [0.1, 0.15) is 60.8 Å². The third-order valence-corrected chi connectivity index (χ3v) is 8.02. The number of rotatable bonds is 2. The van der Waals surface area contributed by atoms with Crippen molar-refractivity contribution in [2.75, 3.05) is 0 Å². The van der Waals surface area contributed by atoms with Crippen LogP contribution in [-0.2, 0) is 19.1 Å². The molecule has 7 heteroatoms. The molecule has 3 N–H and O–H groups in total. The highest BCUT2D eigenvalue weighted by molar-refractivity contribution is 5.92. The molecular formula is C22H34O7. The van der Waals surface area contributed by atoms with Crippen LogP contribution in [0.5, 0.6) is 0 Å². The Labute approximate surface area is 172 Å². The Morgan fingerprint density at radius 3 is 2.34 bits per heavy atom. The quantitative estimate of drug-likeness (QED) is 0.467. The van der Waals surface area contributed by atoms with Gasteiger partial charge in [-0.15, -0.1) is 6.58 Å². The Balaban J connectivity index is 2.33. The SMILES string of the molecule is C=C[C@@]1(C)CC(=O)[C@]2(O)[C@@]3(C)C(O)CCC(C)(C)C3C(O)C(OC(C)=O)[C@@]2(C)O1. The lowest BCUT2D eigenvalue weighted by molar-refractivity contribution is -0.370. The third-order valence-electron chi connectivity index (χ3n) is 8.02. The number of ketones is 1. The van der Waals surface area contributed by atoms with Crippen LogP contribution in [0.25, 0.3) is 0 Å². The standard InChI is InChI=1S/C22H34O7/c1-8-19(5)11-14(25)22(27)20(6)13(24)9-10-18(3,4)16(20)15(26)17(28-12(2)23)21(22,7)29-19/h8,13,15-17,24,26-27H,1,9-11H2,2-7H3/t13?,15?,16?,17?,19-,20-,21+,22-/m0/s1. The first-order chi connectivity index (χ1) is 13.1. The third kappa shape index (κ3) is 2.63. The predicted molar refractivity (Wildman–Crippen MR) is 105 cm³/mol. The molecule has 164 valence electrons. The van der Waals surface area contributed by atoms with Crippen molar-refractivity contribution in [1.82, 2.24) is 0 Å². The van der Waals surface area contributed by atoms with Gasteiger partial charge in [0, 0.05) is 24.7 Å². The van der Waals surface area contributed by atoms with Crippen molar-refractivity contribution in [3.63, 3.8) is 0 Å². The molecule has 0 spiro atoms. The lowest BCUT2D eigenvalue weighted by Crippen LogP contribution is -2.86. The molecule has 0 amide bonds. The average molecular weight is 411 g/mol. The van der Waals surface area contributed by atoms with Crippen molar-refractivity contribution in [3.8, 4) is 0 Å². The van der Waals surface area contributed by atoms with E-state index < -0.39 is 63.6 Å². The molecule has 0 radical (unpaired) electrons. The number of Topliss-reactive ketones (excluding diaryl/α,β-unsaturated/α-hetero) is 1. The van der Waals surface area contributed by atoms with Crippen molar-refractivity contribution in [2.24, 2.45) is 16.7 Å². The summed E-state index contributed by atoms with van der Waals surface area (Å²) in [4.78, 5) is 25.5. The number of ether oxygens (including phenoxy) is 2. The van der Waals surface area contributed by atoms with E-state index in [-0.39, 0.29) is 6.42 Å². The summed E-state index contributed by atoms with van der Waals surface area (Å²) in [6, 6.07) is 0. The number of esters is 1. The van der Waals surface area contributed by atoms with Crippen LogP contribution in [0, 0.1) is 16.7 Å². The number of carbonyl (C=O) groups is 2. The summed E-state index contributed by atoms with van der Waals surface area (Å²) in [5.41, 5.74) is -7.00. The maximum absolute atomic E-state index is 13.6. The Hall–Kier alpha value is -1.28. The molecule has 0 aromatic heterocycles. The van der Waals surface area contributed by atoms with Crippen molar-refractivity contribution in [3.05, 3.63) is 12.7 Å². The molecule has 1 aliphatic heterocycles. The van der Waals surface area contributed by atoms with E-state index >= 15 is 0 Å². The van der Waals surface area contributed by atoms with E-state index in [0.29, 0.717) is 12.8 Å². The van der Waals surface area contributed by atoms with Gasteiger partial charge in [0.05, 0.1) is 17.8 Å². The number of carbonyl (C=O) groups excluding carboxylic acids is 2. The van der Waals surface area contributed by atoms with Gasteiger partial charge >= 0.3 is 5.97 Å². The topological polar surface area (TPSA) is 113 Å². The summed E-state index contributed by atoms with van der Waals surface area (Å²) in [7, 11) is 0. The molecule has 3 rings (SSSR count). The zero-order chi connectivity index (χ0) is 22.2. The van der Waals surface area contributed by atoms with Crippen LogP contribution in [0.15, 0.2) is 12.7 Å². The molecule has 1 heterocycles. The van der Waals surface area contributed by atoms with E-state index in [2.05, 4.69) is 6.58 Å². The molecule has 3 fully saturated rings. The van der Waals surface area contributed by atoms with Crippen molar-refractivity contribution < 1.29 is 34.4 Å². The maximum Gasteiger partial charge on any atom is 0.303 e. The van der Waals surface area contributed by atoms with Crippen molar-refractivity contribution in [2.45, 2.75) is 95.9 Å². The van der Waals surface area contributed by atoms with E-state index in [1.54, 1.807) is 13.8 Å². The largest absolute Gasteiger partial charge is 0.457 e. The fourth-order valence-electron chi connectivity index (χ4n) is 6.66. The summed E-state index contributed by atoms with van der Waals surface area (Å²) in [6.07, 6.45) is -1.29. The normalized spacial score (nSPS) is 51.6. The summed E-state index contributed by atoms with van der Waals surface area (Å²) >= 11 is 0. The second-order valence-corrected chi connectivity index (χ2v) is 10.4. The van der Waals surface area contributed by atoms with Gasteiger partial charge < -0.3 is 24.8 Å². The molecule has 4 unspecified atom stereocenters. The number of aliphatic hydroxyl groups excluding tert-OH is 2. The second-order valence-electron chi connectivity index (χ2n) is 10.4. The molecule has 2 aliphatic carbocycles. The van der Waals surface area contributed by atoms with Gasteiger partial charge in [-0.1, -0.05) is 26.8 Å². The fraction of sp³-hybridized carbons (Fsp3) is 0.818. The number of aliphatic hydroxyl groups is 3. The summed E-state index contributed by atoms with van der Waals surface area (Å²) in [5.74, 6) is -1.87. The summed E-state index contributed by atoms with van der Waals surface area (Å²) < 4.78 is 11.8. The lowest BCUT2D eigenvalue weighted by Gasteiger charge is -2.71.